The number of hydrogen-bond donors (Lipinski definition) is 5. The molecule has 250 valence electrons. The van der Waals surface area contributed by atoms with Crippen LogP contribution in [0.5, 0.6) is 0 Å². The maximum Gasteiger partial charge on any atom is 0.0977 e. The van der Waals surface area contributed by atoms with E-state index < -0.39 is 0 Å². The standard InChI is InChI=1S/C44H34N8/c45-30-25-35-37(27-15-7-2-8-16-27)33-22-21-31(49-33)36(26-13-5-1-6-14-26)32-23-24-34(50-32)38(28-17-9-3-10-18-28)43-40(46)41(47)44(52(43)48)39(42(30)51-35)29-19-11-4-12-20-29/h1-25,49H,45-48H2. The monoisotopic (exact) mass is 674 g/mol. The molecule has 3 aromatic heterocycles. The van der Waals surface area contributed by atoms with Gasteiger partial charge in [-0.2, -0.15) is 0 Å². The number of anilines is 2. The lowest BCUT2D eigenvalue weighted by Gasteiger charge is -2.11. The number of nitrogens with two attached hydrogens (primary N) is 4. The van der Waals surface area contributed by atoms with E-state index in [-0.39, 0.29) is 0 Å². The van der Waals surface area contributed by atoms with E-state index in [0.717, 1.165) is 55.7 Å². The quantitative estimate of drug-likeness (QED) is 0.118. The van der Waals surface area contributed by atoms with Crippen molar-refractivity contribution >= 4 is 57.4 Å². The van der Waals surface area contributed by atoms with E-state index in [9.17, 15) is 0 Å². The van der Waals surface area contributed by atoms with Gasteiger partial charge in [0.2, 0.25) is 0 Å². The molecule has 0 aliphatic carbocycles. The summed E-state index contributed by atoms with van der Waals surface area (Å²) in [7, 11) is 0. The zero-order valence-electron chi connectivity index (χ0n) is 28.1. The number of benzene rings is 4. The topological polar surface area (TPSA) is 151 Å². The van der Waals surface area contributed by atoms with Crippen molar-refractivity contribution in [1.82, 2.24) is 19.6 Å². The van der Waals surface area contributed by atoms with Crippen LogP contribution in [0.2, 0.25) is 0 Å². The molecule has 0 fully saturated rings. The summed E-state index contributed by atoms with van der Waals surface area (Å²) in [5.41, 5.74) is 34.6. The van der Waals surface area contributed by atoms with Crippen LogP contribution in [-0.4, -0.2) is 19.6 Å². The summed E-state index contributed by atoms with van der Waals surface area (Å²) in [6.07, 6.45) is 5.96. The third-order valence-corrected chi connectivity index (χ3v) is 9.67. The number of aromatic amines is 1. The third-order valence-electron chi connectivity index (χ3n) is 9.67. The van der Waals surface area contributed by atoms with Crippen LogP contribution in [0.1, 0.15) is 22.8 Å². The molecule has 7 aromatic rings. The average Bonchev–Trinajstić information content (AvgIpc) is 3.98. The predicted molar refractivity (Wildman–Crippen MR) is 216 cm³/mol. The van der Waals surface area contributed by atoms with Crippen LogP contribution in [-0.2, 0) is 0 Å². The van der Waals surface area contributed by atoms with Gasteiger partial charge in [0.1, 0.15) is 0 Å². The number of aromatic nitrogens is 4. The van der Waals surface area contributed by atoms with Gasteiger partial charge in [0, 0.05) is 33.3 Å². The van der Waals surface area contributed by atoms with Gasteiger partial charge >= 0.3 is 0 Å². The van der Waals surface area contributed by atoms with E-state index in [0.29, 0.717) is 50.8 Å². The molecular formula is C44H34N8. The molecule has 0 radical (unpaired) electrons. The number of fused-ring (bicyclic) bond motifs is 8. The normalized spacial score (nSPS) is 12.2. The van der Waals surface area contributed by atoms with Crippen molar-refractivity contribution in [3.8, 4) is 44.5 Å². The lowest BCUT2D eigenvalue weighted by Crippen LogP contribution is -2.10. The Morgan fingerprint density at radius 3 is 1.35 bits per heavy atom. The van der Waals surface area contributed by atoms with Crippen LogP contribution in [0.4, 0.5) is 11.4 Å². The molecule has 8 nitrogen and oxygen atoms in total. The van der Waals surface area contributed by atoms with Crippen LogP contribution in [0.15, 0.2) is 133 Å². The Labute approximate surface area is 300 Å². The Morgan fingerprint density at radius 1 is 0.442 bits per heavy atom. The van der Waals surface area contributed by atoms with E-state index in [4.69, 9.17) is 33.0 Å². The molecule has 8 bridgehead atoms. The molecule has 52 heavy (non-hydrogen) atoms. The summed E-state index contributed by atoms with van der Waals surface area (Å²) in [6.45, 7) is 0. The minimum atomic E-state index is 0.321. The molecule has 0 unspecified atom stereocenters. The van der Waals surface area contributed by atoms with Crippen LogP contribution >= 0.6 is 0 Å². The van der Waals surface area contributed by atoms with E-state index in [1.54, 1.807) is 4.68 Å². The van der Waals surface area contributed by atoms with Crippen LogP contribution in [0, 0.1) is 0 Å². The van der Waals surface area contributed by atoms with Gasteiger partial charge in [0.05, 0.1) is 50.9 Å². The summed E-state index contributed by atoms with van der Waals surface area (Å²) in [5, 5.41) is 0. The van der Waals surface area contributed by atoms with E-state index >= 15 is 0 Å². The molecule has 9 rings (SSSR count). The Balaban J connectivity index is 1.57. The largest absolute Gasteiger partial charge is 0.397 e. The van der Waals surface area contributed by atoms with Crippen molar-refractivity contribution < 1.29 is 0 Å². The summed E-state index contributed by atoms with van der Waals surface area (Å²) < 4.78 is 1.57. The van der Waals surface area contributed by atoms with Crippen LogP contribution in [0.3, 0.4) is 0 Å². The predicted octanol–water partition coefficient (Wildman–Crippen LogP) is 8.96. The molecule has 5 heterocycles. The highest BCUT2D eigenvalue weighted by Crippen LogP contribution is 2.44. The van der Waals surface area contributed by atoms with Gasteiger partial charge < -0.3 is 28.0 Å². The first kappa shape index (κ1) is 30.7. The maximum absolute atomic E-state index is 7.19. The second kappa shape index (κ2) is 12.2. The average molecular weight is 675 g/mol. The second-order valence-corrected chi connectivity index (χ2v) is 12.8. The Kier molecular flexibility index (Phi) is 7.22. The Hall–Kier alpha value is -7.32. The zero-order chi connectivity index (χ0) is 35.3. The summed E-state index contributed by atoms with van der Waals surface area (Å²) in [6, 6.07) is 44.5. The van der Waals surface area contributed by atoms with E-state index in [2.05, 4.69) is 41.4 Å². The molecule has 4 aromatic carbocycles. The first-order valence-electron chi connectivity index (χ1n) is 17.0. The smallest absolute Gasteiger partial charge is 0.0977 e. The van der Waals surface area contributed by atoms with Crippen molar-refractivity contribution in [1.29, 1.82) is 0 Å². The summed E-state index contributed by atoms with van der Waals surface area (Å²) in [5.74, 6) is 7.19. The summed E-state index contributed by atoms with van der Waals surface area (Å²) in [4.78, 5) is 14.3. The lowest BCUT2D eigenvalue weighted by atomic mass is 10.0. The number of rotatable bonds is 4. The fourth-order valence-corrected chi connectivity index (χ4v) is 7.32. The SMILES string of the molecule is NC1=Cc2nc1c(-c1ccccc1)c1c(N)c(N)c(c(-c3ccccc3)c3nc(c(-c4ccccc4)c4ccc([nH]4)c2-c2ccccc2)C=C3)n1N. The fourth-order valence-electron chi connectivity index (χ4n) is 7.32. The number of H-pyrrole nitrogens is 1. The Bertz CT molecular complexity index is 2740. The maximum atomic E-state index is 7.19. The van der Waals surface area contributed by atoms with Gasteiger partial charge in [0.15, 0.2) is 0 Å². The van der Waals surface area contributed by atoms with Crippen molar-refractivity contribution in [2.24, 2.45) is 5.73 Å². The van der Waals surface area contributed by atoms with Crippen molar-refractivity contribution in [3.63, 3.8) is 0 Å². The number of nitrogens with one attached hydrogen (secondary N) is 1. The highest BCUT2D eigenvalue weighted by Gasteiger charge is 2.25. The van der Waals surface area contributed by atoms with Gasteiger partial charge in [-0.15, -0.1) is 0 Å². The fraction of sp³-hybridized carbons (Fsp3) is 0. The molecule has 2 aliphatic rings. The first-order chi connectivity index (χ1) is 25.5. The molecule has 0 saturated heterocycles. The number of nitrogen functional groups attached to an aromatic ring is 3. The zero-order valence-corrected chi connectivity index (χ0v) is 28.1. The molecule has 8 heteroatoms. The van der Waals surface area contributed by atoms with Crippen molar-refractivity contribution in [2.75, 3.05) is 17.3 Å². The highest BCUT2D eigenvalue weighted by atomic mass is 15.3. The van der Waals surface area contributed by atoms with Gasteiger partial charge in [-0.1, -0.05) is 121 Å². The second-order valence-electron chi connectivity index (χ2n) is 12.8. The van der Waals surface area contributed by atoms with Crippen LogP contribution in [0.25, 0.3) is 90.5 Å². The molecule has 0 atom stereocenters. The number of nitrogens with zero attached hydrogens (tertiary/aromatic N) is 3. The minimum Gasteiger partial charge on any atom is -0.397 e. The van der Waals surface area contributed by atoms with Gasteiger partial charge in [-0.3, -0.25) is 4.68 Å². The van der Waals surface area contributed by atoms with Gasteiger partial charge in [0.25, 0.3) is 0 Å². The Morgan fingerprint density at radius 2 is 0.846 bits per heavy atom. The van der Waals surface area contributed by atoms with E-state index in [1.807, 2.05) is 115 Å². The lowest BCUT2D eigenvalue weighted by molar-refractivity contribution is 1.11. The molecule has 2 aliphatic heterocycles. The molecule has 0 amide bonds. The summed E-state index contributed by atoms with van der Waals surface area (Å²) >= 11 is 0. The highest BCUT2D eigenvalue weighted by molar-refractivity contribution is 6.10. The third kappa shape index (κ3) is 4.93. The van der Waals surface area contributed by atoms with E-state index in [1.165, 1.54) is 0 Å². The first-order valence-corrected chi connectivity index (χ1v) is 17.0. The molecular weight excluding hydrogens is 641 g/mol. The molecule has 0 saturated carbocycles. The molecule has 9 N–H and O–H groups in total. The van der Waals surface area contributed by atoms with Gasteiger partial charge in [-0.05, 0) is 52.6 Å². The van der Waals surface area contributed by atoms with Gasteiger partial charge in [-0.25, -0.2) is 9.97 Å². The number of hydrogen-bond acceptors (Lipinski definition) is 6. The van der Waals surface area contributed by atoms with Crippen molar-refractivity contribution in [3.05, 3.63) is 156 Å². The van der Waals surface area contributed by atoms with Crippen molar-refractivity contribution in [2.45, 2.75) is 0 Å². The van der Waals surface area contributed by atoms with Crippen LogP contribution < -0.4 is 23.0 Å². The molecule has 0 spiro atoms. The minimum absolute atomic E-state index is 0.321.